The van der Waals surface area contributed by atoms with Gasteiger partial charge in [0.25, 0.3) is 0 Å². The summed E-state index contributed by atoms with van der Waals surface area (Å²) in [4.78, 5) is 10.8. The molecule has 0 rings (SSSR count). The van der Waals surface area contributed by atoms with Crippen LogP contribution in [0.3, 0.4) is 0 Å². The van der Waals surface area contributed by atoms with Gasteiger partial charge in [0.1, 0.15) is 5.38 Å². The zero-order chi connectivity index (χ0) is 20.0. The molecule has 0 radical (unpaired) electrons. The van der Waals surface area contributed by atoms with Gasteiger partial charge < -0.3 is 5.73 Å². The molecule has 2 N–H and O–H groups in total. The summed E-state index contributed by atoms with van der Waals surface area (Å²) in [5.74, 6) is -0.380. The first-order valence-corrected chi connectivity index (χ1v) is 12.6. The van der Waals surface area contributed by atoms with Crippen LogP contribution in [0.4, 0.5) is 0 Å². The number of primary amides is 1. The number of alkyl halides is 1. The largest absolute Gasteiger partial charge is 0.368 e. The van der Waals surface area contributed by atoms with Crippen molar-refractivity contribution in [1.82, 2.24) is 0 Å². The summed E-state index contributed by atoms with van der Waals surface area (Å²) in [7, 11) is 0. The van der Waals surface area contributed by atoms with Gasteiger partial charge in [-0.15, -0.1) is 11.6 Å². The van der Waals surface area contributed by atoms with Gasteiger partial charge in [0.2, 0.25) is 5.91 Å². The van der Waals surface area contributed by atoms with Crippen molar-refractivity contribution < 1.29 is 4.79 Å². The highest BCUT2D eigenvalue weighted by Crippen LogP contribution is 2.15. The Hall–Kier alpha value is -0.240. The number of carbonyl (C=O) groups is 1. The minimum atomic E-state index is -0.472. The van der Waals surface area contributed by atoms with Gasteiger partial charge in [0.05, 0.1) is 0 Å². The fourth-order valence-corrected chi connectivity index (χ4v) is 3.88. The third-order valence-corrected chi connectivity index (χ3v) is 6.05. The lowest BCUT2D eigenvalue weighted by molar-refractivity contribution is -0.117. The zero-order valence-corrected chi connectivity index (χ0v) is 19.0. The Balaban J connectivity index is 3.04. The maximum atomic E-state index is 10.8. The maximum absolute atomic E-state index is 10.8. The molecular weight excluding hydrogens is 354 g/mol. The minimum Gasteiger partial charge on any atom is -0.368 e. The molecule has 0 aliphatic carbocycles. The molecule has 162 valence electrons. The number of amides is 1. The summed E-state index contributed by atoms with van der Waals surface area (Å²) in [5, 5.41) is -0.472. The topological polar surface area (TPSA) is 43.1 Å². The SMILES string of the molecule is CCCCCCCCCCCCCCCCCCCCCCC(Cl)C(N)=O. The molecule has 0 aromatic heterocycles. The summed E-state index contributed by atoms with van der Waals surface area (Å²) >= 11 is 5.83. The van der Waals surface area contributed by atoms with Crippen LogP contribution in [0.1, 0.15) is 142 Å². The zero-order valence-electron chi connectivity index (χ0n) is 18.3. The van der Waals surface area contributed by atoms with Gasteiger partial charge >= 0.3 is 0 Å². The van der Waals surface area contributed by atoms with Crippen LogP contribution in [-0.4, -0.2) is 11.3 Å². The van der Waals surface area contributed by atoms with E-state index in [1.54, 1.807) is 0 Å². The van der Waals surface area contributed by atoms with Gasteiger partial charge in [0, 0.05) is 0 Å². The van der Waals surface area contributed by atoms with E-state index in [4.69, 9.17) is 17.3 Å². The number of halogens is 1. The first-order valence-electron chi connectivity index (χ1n) is 12.1. The Labute approximate surface area is 175 Å². The highest BCUT2D eigenvalue weighted by Gasteiger charge is 2.09. The van der Waals surface area contributed by atoms with E-state index < -0.39 is 5.38 Å². The Morgan fingerprint density at radius 3 is 1.11 bits per heavy atom. The molecule has 27 heavy (non-hydrogen) atoms. The number of rotatable bonds is 22. The summed E-state index contributed by atoms with van der Waals surface area (Å²) in [6.45, 7) is 2.29. The van der Waals surface area contributed by atoms with Crippen molar-refractivity contribution in [1.29, 1.82) is 0 Å². The predicted octanol–water partition coefficient (Wildman–Crippen LogP) is 8.29. The monoisotopic (exact) mass is 401 g/mol. The molecule has 0 aromatic carbocycles. The van der Waals surface area contributed by atoms with Crippen molar-refractivity contribution in [2.24, 2.45) is 5.73 Å². The van der Waals surface area contributed by atoms with Crippen molar-refractivity contribution in [3.05, 3.63) is 0 Å². The lowest BCUT2D eigenvalue weighted by Gasteiger charge is -2.05. The molecule has 2 nitrogen and oxygen atoms in total. The smallest absolute Gasteiger partial charge is 0.235 e. The molecule has 0 saturated heterocycles. The molecule has 0 saturated carbocycles. The fourth-order valence-electron chi connectivity index (χ4n) is 3.72. The van der Waals surface area contributed by atoms with Crippen molar-refractivity contribution in [3.8, 4) is 0 Å². The molecule has 1 amide bonds. The van der Waals surface area contributed by atoms with Crippen LogP contribution in [0.15, 0.2) is 0 Å². The summed E-state index contributed by atoms with van der Waals surface area (Å²) in [6, 6.07) is 0. The van der Waals surface area contributed by atoms with Crippen molar-refractivity contribution in [3.63, 3.8) is 0 Å². The second-order valence-electron chi connectivity index (χ2n) is 8.38. The average Bonchev–Trinajstić information content (AvgIpc) is 2.66. The van der Waals surface area contributed by atoms with Gasteiger partial charge in [-0.3, -0.25) is 4.79 Å². The number of unbranched alkanes of at least 4 members (excludes halogenated alkanes) is 19. The number of hydrogen-bond donors (Lipinski definition) is 1. The predicted molar refractivity (Wildman–Crippen MR) is 121 cm³/mol. The van der Waals surface area contributed by atoms with E-state index in [9.17, 15) is 4.79 Å². The molecule has 3 heteroatoms. The molecule has 1 unspecified atom stereocenters. The van der Waals surface area contributed by atoms with E-state index in [1.165, 1.54) is 122 Å². The molecule has 0 bridgehead atoms. The van der Waals surface area contributed by atoms with E-state index in [0.29, 0.717) is 0 Å². The maximum Gasteiger partial charge on any atom is 0.235 e. The highest BCUT2D eigenvalue weighted by molar-refractivity contribution is 6.30. The van der Waals surface area contributed by atoms with E-state index in [1.807, 2.05) is 0 Å². The molecular formula is C24H48ClNO. The molecule has 0 aliphatic rings. The Kier molecular flexibility index (Phi) is 21.9. The second-order valence-corrected chi connectivity index (χ2v) is 8.90. The van der Waals surface area contributed by atoms with Crippen molar-refractivity contribution >= 4 is 17.5 Å². The second kappa shape index (κ2) is 22.1. The van der Waals surface area contributed by atoms with Crippen LogP contribution < -0.4 is 5.73 Å². The normalized spacial score (nSPS) is 12.4. The van der Waals surface area contributed by atoms with Crippen LogP contribution in [0.2, 0.25) is 0 Å². The summed E-state index contributed by atoms with van der Waals surface area (Å²) in [6.07, 6.45) is 28.4. The quantitative estimate of drug-likeness (QED) is 0.144. The van der Waals surface area contributed by atoms with Crippen LogP contribution in [-0.2, 0) is 4.79 Å². The molecule has 0 aliphatic heterocycles. The standard InChI is InChI=1S/C24H48ClNO/c1-2-3-4-5-6-7-8-9-10-11-12-13-14-15-16-17-18-19-20-21-22-23(25)24(26)27/h23H,2-22H2,1H3,(H2,26,27). The average molecular weight is 402 g/mol. The van der Waals surface area contributed by atoms with Gasteiger partial charge in [-0.2, -0.15) is 0 Å². The Morgan fingerprint density at radius 1 is 0.593 bits per heavy atom. The van der Waals surface area contributed by atoms with Crippen molar-refractivity contribution in [2.45, 2.75) is 147 Å². The Morgan fingerprint density at radius 2 is 0.852 bits per heavy atom. The molecule has 0 spiro atoms. The number of nitrogens with two attached hydrogens (primary N) is 1. The number of hydrogen-bond acceptors (Lipinski definition) is 1. The molecule has 1 atom stereocenters. The van der Waals surface area contributed by atoms with Gasteiger partial charge in [0.15, 0.2) is 0 Å². The van der Waals surface area contributed by atoms with Crippen LogP contribution >= 0.6 is 11.6 Å². The summed E-state index contributed by atoms with van der Waals surface area (Å²) in [5.41, 5.74) is 5.15. The van der Waals surface area contributed by atoms with E-state index in [0.717, 1.165) is 12.8 Å². The van der Waals surface area contributed by atoms with Gasteiger partial charge in [-0.25, -0.2) is 0 Å². The van der Waals surface area contributed by atoms with Gasteiger partial charge in [-0.05, 0) is 6.42 Å². The Bertz CT molecular complexity index is 309. The third kappa shape index (κ3) is 21.9. The molecule has 0 aromatic rings. The van der Waals surface area contributed by atoms with E-state index in [-0.39, 0.29) is 5.91 Å². The van der Waals surface area contributed by atoms with E-state index >= 15 is 0 Å². The number of carbonyl (C=O) groups excluding carboxylic acids is 1. The summed E-state index contributed by atoms with van der Waals surface area (Å²) < 4.78 is 0. The lowest BCUT2D eigenvalue weighted by atomic mass is 10.0. The third-order valence-electron chi connectivity index (χ3n) is 5.62. The highest BCUT2D eigenvalue weighted by atomic mass is 35.5. The lowest BCUT2D eigenvalue weighted by Crippen LogP contribution is -2.23. The van der Waals surface area contributed by atoms with E-state index in [2.05, 4.69) is 6.92 Å². The fraction of sp³-hybridized carbons (Fsp3) is 0.958. The van der Waals surface area contributed by atoms with Crippen LogP contribution in [0, 0.1) is 0 Å². The van der Waals surface area contributed by atoms with Crippen molar-refractivity contribution in [2.75, 3.05) is 0 Å². The first-order chi connectivity index (χ1) is 13.2. The molecule has 0 fully saturated rings. The van der Waals surface area contributed by atoms with Crippen LogP contribution in [0.5, 0.6) is 0 Å². The van der Waals surface area contributed by atoms with Gasteiger partial charge in [-0.1, -0.05) is 135 Å². The van der Waals surface area contributed by atoms with Crippen LogP contribution in [0.25, 0.3) is 0 Å². The minimum absolute atomic E-state index is 0.380. The first kappa shape index (κ1) is 26.8. The molecule has 0 heterocycles.